The van der Waals surface area contributed by atoms with E-state index in [1.807, 2.05) is 0 Å². The summed E-state index contributed by atoms with van der Waals surface area (Å²) in [6, 6.07) is 4.28. The zero-order chi connectivity index (χ0) is 15.6. The van der Waals surface area contributed by atoms with E-state index in [4.69, 9.17) is 5.11 Å². The van der Waals surface area contributed by atoms with E-state index in [1.165, 1.54) is 18.2 Å². The van der Waals surface area contributed by atoms with E-state index < -0.39 is 23.6 Å². The second kappa shape index (κ2) is 6.11. The standard InChI is InChI=1S/C15H19FN2O3/c1-8(2)13(15(20)21)14(19)18-11-6-3-9(16)7-12(11)17-10-4-5-10/h3,6-8,10,13,17H,4-5H2,1-2H3,(H,18,19)(H,20,21). The van der Waals surface area contributed by atoms with Gasteiger partial charge in [0.25, 0.3) is 0 Å². The van der Waals surface area contributed by atoms with Crippen molar-refractivity contribution < 1.29 is 19.1 Å². The van der Waals surface area contributed by atoms with Crippen LogP contribution in [0.15, 0.2) is 18.2 Å². The van der Waals surface area contributed by atoms with Crippen molar-refractivity contribution in [2.45, 2.75) is 32.7 Å². The third kappa shape index (κ3) is 3.93. The zero-order valence-electron chi connectivity index (χ0n) is 12.0. The molecule has 1 saturated carbocycles. The largest absolute Gasteiger partial charge is 0.481 e. The lowest BCUT2D eigenvalue weighted by atomic mass is 9.95. The molecule has 3 N–H and O–H groups in total. The van der Waals surface area contributed by atoms with Crippen molar-refractivity contribution in [3.8, 4) is 0 Å². The van der Waals surface area contributed by atoms with Gasteiger partial charge in [0.2, 0.25) is 5.91 Å². The normalized spacial score (nSPS) is 15.6. The highest BCUT2D eigenvalue weighted by atomic mass is 19.1. The van der Waals surface area contributed by atoms with E-state index in [0.29, 0.717) is 17.4 Å². The van der Waals surface area contributed by atoms with Crippen LogP contribution in [0.5, 0.6) is 0 Å². The molecule has 1 aliphatic carbocycles. The monoisotopic (exact) mass is 294 g/mol. The average molecular weight is 294 g/mol. The summed E-state index contributed by atoms with van der Waals surface area (Å²) in [6.07, 6.45) is 2.02. The Labute approximate surface area is 122 Å². The van der Waals surface area contributed by atoms with Crippen molar-refractivity contribution in [2.75, 3.05) is 10.6 Å². The number of carbonyl (C=O) groups is 2. The summed E-state index contributed by atoms with van der Waals surface area (Å²) in [5.74, 6) is -3.63. The number of carboxylic acids is 1. The van der Waals surface area contributed by atoms with Crippen LogP contribution in [0.4, 0.5) is 15.8 Å². The lowest BCUT2D eigenvalue weighted by Gasteiger charge is -2.18. The highest BCUT2D eigenvalue weighted by Crippen LogP contribution is 2.30. The van der Waals surface area contributed by atoms with Crippen molar-refractivity contribution in [2.24, 2.45) is 11.8 Å². The van der Waals surface area contributed by atoms with Crippen molar-refractivity contribution >= 4 is 23.3 Å². The zero-order valence-corrected chi connectivity index (χ0v) is 12.0. The van der Waals surface area contributed by atoms with Crippen LogP contribution in [0.25, 0.3) is 0 Å². The van der Waals surface area contributed by atoms with Gasteiger partial charge in [0.1, 0.15) is 11.7 Å². The number of nitrogens with one attached hydrogen (secondary N) is 2. The summed E-state index contributed by atoms with van der Waals surface area (Å²) in [6.45, 7) is 3.35. The van der Waals surface area contributed by atoms with Gasteiger partial charge in [-0.25, -0.2) is 4.39 Å². The summed E-state index contributed by atoms with van der Waals surface area (Å²) >= 11 is 0. The maximum Gasteiger partial charge on any atom is 0.316 e. The molecule has 1 aliphatic rings. The molecule has 0 bridgehead atoms. The highest BCUT2D eigenvalue weighted by molar-refractivity contribution is 6.05. The number of rotatable bonds is 6. The molecule has 0 radical (unpaired) electrons. The topological polar surface area (TPSA) is 78.4 Å². The van der Waals surface area contributed by atoms with Gasteiger partial charge in [0, 0.05) is 6.04 Å². The molecule has 5 nitrogen and oxygen atoms in total. The molecule has 1 amide bonds. The molecule has 0 saturated heterocycles. The number of halogens is 1. The van der Waals surface area contributed by atoms with Crippen LogP contribution in [-0.4, -0.2) is 23.0 Å². The van der Waals surface area contributed by atoms with Crippen molar-refractivity contribution in [1.82, 2.24) is 0 Å². The van der Waals surface area contributed by atoms with E-state index in [-0.39, 0.29) is 5.92 Å². The first kappa shape index (κ1) is 15.3. The predicted molar refractivity (Wildman–Crippen MR) is 77.6 cm³/mol. The van der Waals surface area contributed by atoms with Gasteiger partial charge in [-0.3, -0.25) is 9.59 Å². The van der Waals surface area contributed by atoms with Crippen LogP contribution in [0, 0.1) is 17.7 Å². The number of hydrogen-bond acceptors (Lipinski definition) is 3. The average Bonchev–Trinajstić information content (AvgIpc) is 3.15. The van der Waals surface area contributed by atoms with Gasteiger partial charge in [-0.2, -0.15) is 0 Å². The molecular formula is C15H19FN2O3. The van der Waals surface area contributed by atoms with Crippen LogP contribution < -0.4 is 10.6 Å². The van der Waals surface area contributed by atoms with Crippen LogP contribution in [0.3, 0.4) is 0 Å². The summed E-state index contributed by atoms with van der Waals surface area (Å²) in [5.41, 5.74) is 0.888. The van der Waals surface area contributed by atoms with Gasteiger partial charge >= 0.3 is 5.97 Å². The summed E-state index contributed by atoms with van der Waals surface area (Å²) in [5, 5.41) is 14.8. The van der Waals surface area contributed by atoms with Crippen LogP contribution in [0.1, 0.15) is 26.7 Å². The van der Waals surface area contributed by atoms with E-state index in [2.05, 4.69) is 10.6 Å². The number of carbonyl (C=O) groups excluding carboxylic acids is 1. The van der Waals surface area contributed by atoms with E-state index in [9.17, 15) is 14.0 Å². The molecule has 0 aliphatic heterocycles. The van der Waals surface area contributed by atoms with E-state index in [1.54, 1.807) is 13.8 Å². The van der Waals surface area contributed by atoms with Crippen LogP contribution in [0.2, 0.25) is 0 Å². The van der Waals surface area contributed by atoms with Crippen molar-refractivity contribution in [1.29, 1.82) is 0 Å². The predicted octanol–water partition coefficient (Wildman–Crippen LogP) is 2.70. The number of amides is 1. The number of hydrogen-bond donors (Lipinski definition) is 3. The first-order chi connectivity index (χ1) is 9.88. The number of benzene rings is 1. The second-order valence-electron chi connectivity index (χ2n) is 5.66. The number of carboxylic acid groups (broad SMARTS) is 1. The fraction of sp³-hybridized carbons (Fsp3) is 0.467. The van der Waals surface area contributed by atoms with Gasteiger partial charge in [-0.15, -0.1) is 0 Å². The molecule has 0 aromatic heterocycles. The Bertz CT molecular complexity index is 556. The minimum Gasteiger partial charge on any atom is -0.481 e. The molecule has 2 rings (SSSR count). The first-order valence-electron chi connectivity index (χ1n) is 6.98. The second-order valence-corrected chi connectivity index (χ2v) is 5.66. The Morgan fingerprint density at radius 3 is 2.48 bits per heavy atom. The molecule has 1 aromatic rings. The summed E-state index contributed by atoms with van der Waals surface area (Å²) in [4.78, 5) is 23.3. The minimum atomic E-state index is -1.17. The van der Waals surface area contributed by atoms with Gasteiger partial charge in [0.15, 0.2) is 0 Å². The smallest absolute Gasteiger partial charge is 0.316 e. The molecule has 21 heavy (non-hydrogen) atoms. The van der Waals surface area contributed by atoms with E-state index >= 15 is 0 Å². The Morgan fingerprint density at radius 2 is 1.95 bits per heavy atom. The summed E-state index contributed by atoms with van der Waals surface area (Å²) in [7, 11) is 0. The van der Waals surface area contributed by atoms with Gasteiger partial charge in [-0.05, 0) is 37.0 Å². The van der Waals surface area contributed by atoms with Crippen molar-refractivity contribution in [3.05, 3.63) is 24.0 Å². The molecule has 1 fully saturated rings. The molecule has 1 unspecified atom stereocenters. The Balaban J connectivity index is 2.17. The molecule has 1 aromatic carbocycles. The molecular weight excluding hydrogens is 275 g/mol. The Hall–Kier alpha value is -2.11. The third-order valence-corrected chi connectivity index (χ3v) is 3.39. The molecule has 1 atom stereocenters. The molecule has 0 heterocycles. The van der Waals surface area contributed by atoms with Crippen LogP contribution >= 0.6 is 0 Å². The van der Waals surface area contributed by atoms with Gasteiger partial charge in [-0.1, -0.05) is 13.8 Å². The van der Waals surface area contributed by atoms with Crippen LogP contribution in [-0.2, 0) is 9.59 Å². The number of aliphatic carboxylic acids is 1. The van der Waals surface area contributed by atoms with E-state index in [0.717, 1.165) is 12.8 Å². The summed E-state index contributed by atoms with van der Waals surface area (Å²) < 4.78 is 13.3. The maximum atomic E-state index is 13.3. The number of anilines is 2. The molecule has 6 heteroatoms. The van der Waals surface area contributed by atoms with Gasteiger partial charge < -0.3 is 15.7 Å². The quantitative estimate of drug-likeness (QED) is 0.705. The van der Waals surface area contributed by atoms with Crippen molar-refractivity contribution in [3.63, 3.8) is 0 Å². The first-order valence-corrected chi connectivity index (χ1v) is 6.98. The lowest BCUT2D eigenvalue weighted by Crippen LogP contribution is -2.33. The Morgan fingerprint density at radius 1 is 1.29 bits per heavy atom. The maximum absolute atomic E-state index is 13.3. The minimum absolute atomic E-state index is 0.294. The molecule has 114 valence electrons. The fourth-order valence-electron chi connectivity index (χ4n) is 2.10. The van der Waals surface area contributed by atoms with Gasteiger partial charge in [0.05, 0.1) is 11.4 Å². The molecule has 0 spiro atoms. The Kier molecular flexibility index (Phi) is 4.45. The lowest BCUT2D eigenvalue weighted by molar-refractivity contribution is -0.147. The fourth-order valence-corrected chi connectivity index (χ4v) is 2.10. The SMILES string of the molecule is CC(C)C(C(=O)O)C(=O)Nc1ccc(F)cc1NC1CC1. The third-order valence-electron chi connectivity index (χ3n) is 3.39. The highest BCUT2D eigenvalue weighted by Gasteiger charge is 2.30.